The molecule has 2 fully saturated rings. The minimum absolute atomic E-state index is 0.694. The molecule has 1 aliphatic heterocycles. The highest BCUT2D eigenvalue weighted by molar-refractivity contribution is 5.23. The van der Waals surface area contributed by atoms with Gasteiger partial charge in [-0.25, -0.2) is 0 Å². The molecule has 1 unspecified atom stereocenters. The minimum atomic E-state index is 0.694. The van der Waals surface area contributed by atoms with E-state index in [1.165, 1.54) is 43.5 Å². The standard InChI is InChI=1S/C13H18N2/c1-2-11(8-14-7-1)12-5-6-13(15-9-12)10-3-4-10/h5-6,9-11,14H,1-4,7-8H2. The number of nitrogens with one attached hydrogen (secondary N) is 1. The van der Waals surface area contributed by atoms with Crippen LogP contribution in [-0.2, 0) is 0 Å². The van der Waals surface area contributed by atoms with E-state index in [9.17, 15) is 0 Å². The topological polar surface area (TPSA) is 24.9 Å². The molecule has 3 rings (SSSR count). The van der Waals surface area contributed by atoms with Gasteiger partial charge in [-0.05, 0) is 49.8 Å². The van der Waals surface area contributed by atoms with Gasteiger partial charge in [0.1, 0.15) is 0 Å². The Labute approximate surface area is 91.1 Å². The average molecular weight is 202 g/mol. The summed E-state index contributed by atoms with van der Waals surface area (Å²) < 4.78 is 0. The van der Waals surface area contributed by atoms with Crippen LogP contribution in [0.1, 0.15) is 48.8 Å². The lowest BCUT2D eigenvalue weighted by atomic mass is 9.93. The van der Waals surface area contributed by atoms with E-state index in [2.05, 4.69) is 28.6 Å². The number of aromatic nitrogens is 1. The van der Waals surface area contributed by atoms with Gasteiger partial charge in [0.05, 0.1) is 0 Å². The minimum Gasteiger partial charge on any atom is -0.316 e. The fourth-order valence-corrected chi connectivity index (χ4v) is 2.42. The second-order valence-electron chi connectivity index (χ2n) is 4.83. The molecule has 1 atom stereocenters. The smallest absolute Gasteiger partial charge is 0.0434 e. The fourth-order valence-electron chi connectivity index (χ4n) is 2.42. The molecular formula is C13H18N2. The Balaban J connectivity index is 1.73. The lowest BCUT2D eigenvalue weighted by Crippen LogP contribution is -2.28. The Hall–Kier alpha value is -0.890. The monoisotopic (exact) mass is 202 g/mol. The Kier molecular flexibility index (Phi) is 2.45. The summed E-state index contributed by atoms with van der Waals surface area (Å²) >= 11 is 0. The summed E-state index contributed by atoms with van der Waals surface area (Å²) in [5, 5.41) is 3.46. The zero-order valence-electron chi connectivity index (χ0n) is 9.08. The number of pyridine rings is 1. The highest BCUT2D eigenvalue weighted by atomic mass is 14.9. The lowest BCUT2D eigenvalue weighted by molar-refractivity contribution is 0.460. The SMILES string of the molecule is c1cc(C2CC2)ncc1C1CCCNC1. The van der Waals surface area contributed by atoms with Crippen molar-refractivity contribution in [3.63, 3.8) is 0 Å². The first-order valence-corrected chi connectivity index (χ1v) is 6.10. The summed E-state index contributed by atoms with van der Waals surface area (Å²) in [5.74, 6) is 1.48. The van der Waals surface area contributed by atoms with Gasteiger partial charge < -0.3 is 5.32 Å². The second kappa shape index (κ2) is 3.93. The number of rotatable bonds is 2. The van der Waals surface area contributed by atoms with E-state index < -0.39 is 0 Å². The molecule has 1 saturated carbocycles. The first-order chi connectivity index (χ1) is 7.43. The molecule has 0 bridgehead atoms. The molecule has 1 aromatic rings. The highest BCUT2D eigenvalue weighted by Crippen LogP contribution is 2.39. The van der Waals surface area contributed by atoms with Gasteiger partial charge in [-0.2, -0.15) is 0 Å². The van der Waals surface area contributed by atoms with Crippen molar-refractivity contribution in [2.24, 2.45) is 0 Å². The highest BCUT2D eigenvalue weighted by Gasteiger charge is 2.25. The third-order valence-corrected chi connectivity index (χ3v) is 3.57. The van der Waals surface area contributed by atoms with Crippen molar-refractivity contribution in [1.82, 2.24) is 10.3 Å². The van der Waals surface area contributed by atoms with Crippen LogP contribution in [0.3, 0.4) is 0 Å². The Morgan fingerprint density at radius 1 is 1.13 bits per heavy atom. The summed E-state index contributed by atoms with van der Waals surface area (Å²) in [6, 6.07) is 4.53. The number of hydrogen-bond donors (Lipinski definition) is 1. The van der Waals surface area contributed by atoms with Crippen LogP contribution in [0.25, 0.3) is 0 Å². The average Bonchev–Trinajstić information content (AvgIpc) is 3.15. The zero-order chi connectivity index (χ0) is 10.1. The van der Waals surface area contributed by atoms with E-state index >= 15 is 0 Å². The first kappa shape index (κ1) is 9.34. The van der Waals surface area contributed by atoms with Gasteiger partial charge >= 0.3 is 0 Å². The molecular weight excluding hydrogens is 184 g/mol. The predicted molar refractivity (Wildman–Crippen MR) is 61.1 cm³/mol. The molecule has 2 heteroatoms. The van der Waals surface area contributed by atoms with Crippen LogP contribution < -0.4 is 5.32 Å². The van der Waals surface area contributed by atoms with Crippen molar-refractivity contribution in [3.05, 3.63) is 29.6 Å². The first-order valence-electron chi connectivity index (χ1n) is 6.10. The van der Waals surface area contributed by atoms with Crippen molar-refractivity contribution >= 4 is 0 Å². The quantitative estimate of drug-likeness (QED) is 0.796. The molecule has 1 saturated heterocycles. The molecule has 0 spiro atoms. The van der Waals surface area contributed by atoms with Gasteiger partial charge in [0, 0.05) is 24.4 Å². The maximum absolute atomic E-state index is 4.59. The van der Waals surface area contributed by atoms with Gasteiger partial charge in [0.2, 0.25) is 0 Å². The summed E-state index contributed by atoms with van der Waals surface area (Å²) in [6.45, 7) is 2.31. The fraction of sp³-hybridized carbons (Fsp3) is 0.615. The third kappa shape index (κ3) is 2.05. The van der Waals surface area contributed by atoms with E-state index in [1.807, 2.05) is 0 Å². The van der Waals surface area contributed by atoms with E-state index in [4.69, 9.17) is 0 Å². The van der Waals surface area contributed by atoms with E-state index in [0.717, 1.165) is 12.5 Å². The van der Waals surface area contributed by atoms with Crippen molar-refractivity contribution in [1.29, 1.82) is 0 Å². The summed E-state index contributed by atoms with van der Waals surface area (Å²) in [6.07, 6.45) is 7.41. The van der Waals surface area contributed by atoms with Crippen LogP contribution in [0, 0.1) is 0 Å². The van der Waals surface area contributed by atoms with Crippen molar-refractivity contribution < 1.29 is 0 Å². The van der Waals surface area contributed by atoms with Crippen molar-refractivity contribution in [3.8, 4) is 0 Å². The maximum atomic E-state index is 4.59. The molecule has 1 aromatic heterocycles. The molecule has 1 N–H and O–H groups in total. The van der Waals surface area contributed by atoms with Crippen LogP contribution in [0.2, 0.25) is 0 Å². The molecule has 15 heavy (non-hydrogen) atoms. The Morgan fingerprint density at radius 3 is 2.67 bits per heavy atom. The summed E-state index contributed by atoms with van der Waals surface area (Å²) in [5.41, 5.74) is 2.73. The van der Waals surface area contributed by atoms with Gasteiger partial charge in [0.15, 0.2) is 0 Å². The molecule has 0 amide bonds. The summed E-state index contributed by atoms with van der Waals surface area (Å²) in [7, 11) is 0. The van der Waals surface area contributed by atoms with Gasteiger partial charge in [-0.15, -0.1) is 0 Å². The zero-order valence-corrected chi connectivity index (χ0v) is 9.08. The molecule has 80 valence electrons. The maximum Gasteiger partial charge on any atom is 0.0434 e. The van der Waals surface area contributed by atoms with E-state index in [0.29, 0.717) is 5.92 Å². The van der Waals surface area contributed by atoms with Crippen LogP contribution in [0.15, 0.2) is 18.3 Å². The molecule has 2 heterocycles. The molecule has 2 nitrogen and oxygen atoms in total. The normalized spacial score (nSPS) is 26.5. The van der Waals surface area contributed by atoms with Crippen molar-refractivity contribution in [2.75, 3.05) is 13.1 Å². The summed E-state index contributed by atoms with van der Waals surface area (Å²) in [4.78, 5) is 4.59. The Morgan fingerprint density at radius 2 is 2.07 bits per heavy atom. The molecule has 0 radical (unpaired) electrons. The number of hydrogen-bond acceptors (Lipinski definition) is 2. The number of nitrogens with zero attached hydrogens (tertiary/aromatic N) is 1. The Bertz CT molecular complexity index is 321. The van der Waals surface area contributed by atoms with Crippen LogP contribution >= 0.6 is 0 Å². The molecule has 1 aliphatic carbocycles. The third-order valence-electron chi connectivity index (χ3n) is 3.57. The van der Waals surface area contributed by atoms with Gasteiger partial charge in [0.25, 0.3) is 0 Å². The van der Waals surface area contributed by atoms with E-state index in [1.54, 1.807) is 0 Å². The van der Waals surface area contributed by atoms with Gasteiger partial charge in [-0.1, -0.05) is 6.07 Å². The lowest BCUT2D eigenvalue weighted by Gasteiger charge is -2.22. The van der Waals surface area contributed by atoms with E-state index in [-0.39, 0.29) is 0 Å². The second-order valence-corrected chi connectivity index (χ2v) is 4.83. The predicted octanol–water partition coefficient (Wildman–Crippen LogP) is 2.43. The molecule has 2 aliphatic rings. The van der Waals surface area contributed by atoms with Crippen LogP contribution in [0.4, 0.5) is 0 Å². The van der Waals surface area contributed by atoms with Gasteiger partial charge in [-0.3, -0.25) is 4.98 Å². The van der Waals surface area contributed by atoms with Crippen molar-refractivity contribution in [2.45, 2.75) is 37.5 Å². The number of piperidine rings is 1. The molecule has 0 aromatic carbocycles. The van der Waals surface area contributed by atoms with Crippen LogP contribution in [-0.4, -0.2) is 18.1 Å². The largest absolute Gasteiger partial charge is 0.316 e. The van der Waals surface area contributed by atoms with Crippen LogP contribution in [0.5, 0.6) is 0 Å².